The quantitative estimate of drug-likeness (QED) is 0.466. The van der Waals surface area contributed by atoms with E-state index in [0.29, 0.717) is 29.9 Å². The molecule has 0 spiro atoms. The molecule has 0 unspecified atom stereocenters. The van der Waals surface area contributed by atoms with E-state index in [1.165, 1.54) is 0 Å². The molecule has 2 amide bonds. The third kappa shape index (κ3) is 4.03. The molecule has 1 saturated heterocycles. The van der Waals surface area contributed by atoms with Gasteiger partial charge in [-0.15, -0.1) is 0 Å². The second kappa shape index (κ2) is 8.74. The third-order valence-corrected chi connectivity index (χ3v) is 5.90. The summed E-state index contributed by atoms with van der Waals surface area (Å²) in [6.45, 7) is 2.67. The molecule has 6 heteroatoms. The smallest absolute Gasteiger partial charge is 0.259 e. The van der Waals surface area contributed by atoms with Gasteiger partial charge in [0.2, 0.25) is 5.91 Å². The fourth-order valence-electron chi connectivity index (χ4n) is 4.20. The molecule has 3 aromatic carbocycles. The topological polar surface area (TPSA) is 67.2 Å². The number of anilines is 2. The molecule has 1 fully saturated rings. The molecule has 164 valence electrons. The van der Waals surface area contributed by atoms with Crippen LogP contribution < -0.4 is 10.2 Å². The molecule has 1 aromatic heterocycles. The molecule has 0 saturated carbocycles. The lowest BCUT2D eigenvalue weighted by Crippen LogP contribution is -2.25. The van der Waals surface area contributed by atoms with Gasteiger partial charge in [-0.05, 0) is 43.2 Å². The van der Waals surface area contributed by atoms with Crippen LogP contribution in [0.25, 0.3) is 16.9 Å². The number of para-hydroxylation sites is 3. The van der Waals surface area contributed by atoms with E-state index in [1.807, 2.05) is 85.8 Å². The predicted molar refractivity (Wildman–Crippen MR) is 130 cm³/mol. The van der Waals surface area contributed by atoms with Crippen LogP contribution in [-0.4, -0.2) is 28.1 Å². The molecule has 1 aliphatic rings. The predicted octanol–water partition coefficient (Wildman–Crippen LogP) is 5.23. The highest BCUT2D eigenvalue weighted by molar-refractivity contribution is 6.10. The maximum atomic E-state index is 13.5. The van der Waals surface area contributed by atoms with E-state index < -0.39 is 0 Å². The van der Waals surface area contributed by atoms with Gasteiger partial charge in [-0.1, -0.05) is 54.6 Å². The first kappa shape index (κ1) is 20.7. The summed E-state index contributed by atoms with van der Waals surface area (Å²) in [5.41, 5.74) is 5.23. The van der Waals surface area contributed by atoms with Crippen LogP contribution >= 0.6 is 0 Å². The summed E-state index contributed by atoms with van der Waals surface area (Å²) >= 11 is 0. The standard InChI is InChI=1S/C27H24N4O2/c1-19-10-5-6-13-21(19)26-22(18-31(29-26)20-11-3-2-4-12-20)27(33)28-23-14-7-8-15-24(23)30-17-9-16-25(30)32/h2-8,10-15,18H,9,16-17H2,1H3,(H,28,33). The van der Waals surface area contributed by atoms with Gasteiger partial charge in [0.1, 0.15) is 5.69 Å². The molecule has 0 radical (unpaired) electrons. The number of nitrogens with one attached hydrogen (secondary N) is 1. The van der Waals surface area contributed by atoms with Crippen molar-refractivity contribution in [1.29, 1.82) is 0 Å². The number of nitrogens with zero attached hydrogens (tertiary/aromatic N) is 3. The maximum absolute atomic E-state index is 13.5. The molecular weight excluding hydrogens is 412 g/mol. The van der Waals surface area contributed by atoms with Crippen molar-refractivity contribution in [3.05, 3.63) is 96.2 Å². The van der Waals surface area contributed by atoms with E-state index >= 15 is 0 Å². The number of carbonyl (C=O) groups excluding carboxylic acids is 2. The van der Waals surface area contributed by atoms with Crippen molar-refractivity contribution in [3.63, 3.8) is 0 Å². The van der Waals surface area contributed by atoms with E-state index in [4.69, 9.17) is 5.10 Å². The van der Waals surface area contributed by atoms with Crippen molar-refractivity contribution in [1.82, 2.24) is 9.78 Å². The Labute approximate surface area is 192 Å². The Balaban J connectivity index is 1.55. The van der Waals surface area contributed by atoms with Gasteiger partial charge < -0.3 is 10.2 Å². The van der Waals surface area contributed by atoms with Gasteiger partial charge in [-0.25, -0.2) is 4.68 Å². The fourth-order valence-corrected chi connectivity index (χ4v) is 4.20. The van der Waals surface area contributed by atoms with Crippen molar-refractivity contribution in [2.45, 2.75) is 19.8 Å². The van der Waals surface area contributed by atoms with Crippen LogP contribution in [0.3, 0.4) is 0 Å². The van der Waals surface area contributed by atoms with Crippen LogP contribution in [0.5, 0.6) is 0 Å². The number of rotatable bonds is 5. The van der Waals surface area contributed by atoms with Crippen molar-refractivity contribution in [2.75, 3.05) is 16.8 Å². The largest absolute Gasteiger partial charge is 0.320 e. The van der Waals surface area contributed by atoms with Crippen molar-refractivity contribution in [3.8, 4) is 16.9 Å². The molecule has 6 nitrogen and oxygen atoms in total. The summed E-state index contributed by atoms with van der Waals surface area (Å²) in [6, 6.07) is 25.0. The lowest BCUT2D eigenvalue weighted by atomic mass is 10.0. The second-order valence-corrected chi connectivity index (χ2v) is 8.11. The maximum Gasteiger partial charge on any atom is 0.259 e. The van der Waals surface area contributed by atoms with Crippen molar-refractivity contribution in [2.24, 2.45) is 0 Å². The number of aromatic nitrogens is 2. The summed E-state index contributed by atoms with van der Waals surface area (Å²) < 4.78 is 1.73. The van der Waals surface area contributed by atoms with E-state index in [1.54, 1.807) is 15.8 Å². The van der Waals surface area contributed by atoms with Gasteiger partial charge in [0.15, 0.2) is 0 Å². The van der Waals surface area contributed by atoms with Gasteiger partial charge in [0.05, 0.1) is 22.6 Å². The molecule has 0 bridgehead atoms. The Kier molecular flexibility index (Phi) is 5.48. The molecule has 1 aliphatic heterocycles. The second-order valence-electron chi connectivity index (χ2n) is 8.11. The highest BCUT2D eigenvalue weighted by atomic mass is 16.2. The lowest BCUT2D eigenvalue weighted by Gasteiger charge is -2.20. The lowest BCUT2D eigenvalue weighted by molar-refractivity contribution is -0.117. The van der Waals surface area contributed by atoms with Crippen LogP contribution in [0.15, 0.2) is 85.1 Å². The number of aryl methyl sites for hydroxylation is 1. The molecule has 33 heavy (non-hydrogen) atoms. The molecule has 2 heterocycles. The molecule has 0 aliphatic carbocycles. The first-order valence-electron chi connectivity index (χ1n) is 11.0. The molecule has 0 atom stereocenters. The Morgan fingerprint density at radius 1 is 0.939 bits per heavy atom. The minimum Gasteiger partial charge on any atom is -0.320 e. The van der Waals surface area contributed by atoms with Gasteiger partial charge in [0, 0.05) is 24.7 Å². The first-order valence-corrected chi connectivity index (χ1v) is 11.0. The molecule has 1 N–H and O–H groups in total. The van der Waals surface area contributed by atoms with Crippen LogP contribution in [0.4, 0.5) is 11.4 Å². The van der Waals surface area contributed by atoms with Crippen molar-refractivity contribution < 1.29 is 9.59 Å². The van der Waals surface area contributed by atoms with E-state index in [-0.39, 0.29) is 11.8 Å². The van der Waals surface area contributed by atoms with Gasteiger partial charge in [-0.2, -0.15) is 5.10 Å². The fraction of sp³-hybridized carbons (Fsp3) is 0.148. The number of hydrogen-bond acceptors (Lipinski definition) is 3. The summed E-state index contributed by atoms with van der Waals surface area (Å²) in [6.07, 6.45) is 3.11. The highest BCUT2D eigenvalue weighted by Crippen LogP contribution is 2.31. The zero-order valence-corrected chi connectivity index (χ0v) is 18.4. The highest BCUT2D eigenvalue weighted by Gasteiger charge is 2.25. The van der Waals surface area contributed by atoms with Crippen LogP contribution in [0.2, 0.25) is 0 Å². The molecular formula is C27H24N4O2. The number of amides is 2. The van der Waals surface area contributed by atoms with E-state index in [9.17, 15) is 9.59 Å². The van der Waals surface area contributed by atoms with Gasteiger partial charge in [0.25, 0.3) is 5.91 Å². The molecule has 4 aromatic rings. The Morgan fingerprint density at radius 3 is 2.42 bits per heavy atom. The number of hydrogen-bond donors (Lipinski definition) is 1. The minimum absolute atomic E-state index is 0.0780. The Morgan fingerprint density at radius 2 is 1.67 bits per heavy atom. The average molecular weight is 437 g/mol. The van der Waals surface area contributed by atoms with E-state index in [2.05, 4.69) is 5.32 Å². The Bertz CT molecular complexity index is 1330. The summed E-state index contributed by atoms with van der Waals surface area (Å²) in [4.78, 5) is 27.6. The van der Waals surface area contributed by atoms with Crippen LogP contribution in [0.1, 0.15) is 28.8 Å². The van der Waals surface area contributed by atoms with Gasteiger partial charge in [-0.3, -0.25) is 9.59 Å². The summed E-state index contributed by atoms with van der Waals surface area (Å²) in [7, 11) is 0. The zero-order chi connectivity index (χ0) is 22.8. The monoisotopic (exact) mass is 436 g/mol. The SMILES string of the molecule is Cc1ccccc1-c1nn(-c2ccccc2)cc1C(=O)Nc1ccccc1N1CCCC1=O. The molecule has 5 rings (SSSR count). The van der Waals surface area contributed by atoms with Crippen LogP contribution in [-0.2, 0) is 4.79 Å². The number of carbonyl (C=O) groups is 2. The first-order chi connectivity index (χ1) is 16.1. The van der Waals surface area contributed by atoms with Crippen LogP contribution in [0, 0.1) is 6.92 Å². The Hall–Kier alpha value is -4.19. The van der Waals surface area contributed by atoms with Crippen molar-refractivity contribution >= 4 is 23.2 Å². The third-order valence-electron chi connectivity index (χ3n) is 5.90. The minimum atomic E-state index is -0.269. The average Bonchev–Trinajstić information content (AvgIpc) is 3.47. The van der Waals surface area contributed by atoms with E-state index in [0.717, 1.165) is 28.9 Å². The van der Waals surface area contributed by atoms with Gasteiger partial charge >= 0.3 is 0 Å². The zero-order valence-electron chi connectivity index (χ0n) is 18.4. The normalized spacial score (nSPS) is 13.4. The summed E-state index contributed by atoms with van der Waals surface area (Å²) in [5, 5.41) is 7.81. The number of benzene rings is 3. The summed E-state index contributed by atoms with van der Waals surface area (Å²) in [5.74, 6) is -0.191.